The first-order valence-corrected chi connectivity index (χ1v) is 9.48. The van der Waals surface area contributed by atoms with Crippen LogP contribution in [-0.2, 0) is 11.3 Å². The number of imide groups is 1. The minimum atomic E-state index is -0.487. The van der Waals surface area contributed by atoms with E-state index in [1.54, 1.807) is 47.5 Å². The van der Waals surface area contributed by atoms with Crippen molar-refractivity contribution >= 4 is 17.7 Å². The van der Waals surface area contributed by atoms with E-state index in [4.69, 9.17) is 0 Å². The number of benzene rings is 1. The van der Waals surface area contributed by atoms with Gasteiger partial charge < -0.3 is 10.2 Å². The second-order valence-electron chi connectivity index (χ2n) is 7.09. The highest BCUT2D eigenvalue weighted by Gasteiger charge is 2.47. The van der Waals surface area contributed by atoms with Gasteiger partial charge in [-0.1, -0.05) is 36.4 Å². The number of hydrogen-bond donors (Lipinski definition) is 1. The molecule has 3 amide bonds. The SMILES string of the molecule is O=C(CN1C(=O)N(Cc2ccccn2)C(=O)C2NCCCC21)c1ccccc1. The van der Waals surface area contributed by atoms with E-state index >= 15 is 0 Å². The Balaban J connectivity index is 1.60. The minimum absolute atomic E-state index is 0.0440. The average Bonchev–Trinajstić information content (AvgIpc) is 2.75. The van der Waals surface area contributed by atoms with Crippen LogP contribution in [-0.4, -0.2) is 57.7 Å². The zero-order valence-corrected chi connectivity index (χ0v) is 15.5. The smallest absolute Gasteiger partial charge is 0.311 e. The lowest BCUT2D eigenvalue weighted by Crippen LogP contribution is -2.69. The molecule has 2 aliphatic rings. The second-order valence-corrected chi connectivity index (χ2v) is 7.09. The van der Waals surface area contributed by atoms with Crippen molar-refractivity contribution in [3.05, 3.63) is 66.0 Å². The molecule has 3 heterocycles. The lowest BCUT2D eigenvalue weighted by molar-refractivity contribution is -0.137. The fraction of sp³-hybridized carbons (Fsp3) is 0.333. The third-order valence-electron chi connectivity index (χ3n) is 5.29. The molecule has 2 unspecified atom stereocenters. The highest BCUT2D eigenvalue weighted by Crippen LogP contribution is 2.26. The van der Waals surface area contributed by atoms with Crippen LogP contribution in [0.1, 0.15) is 28.9 Å². The first kappa shape index (κ1) is 18.3. The molecule has 0 radical (unpaired) electrons. The summed E-state index contributed by atoms with van der Waals surface area (Å²) >= 11 is 0. The Morgan fingerprint density at radius 3 is 2.64 bits per heavy atom. The van der Waals surface area contributed by atoms with E-state index in [0.717, 1.165) is 13.0 Å². The van der Waals surface area contributed by atoms with Gasteiger partial charge in [-0.2, -0.15) is 0 Å². The van der Waals surface area contributed by atoms with Gasteiger partial charge in [0, 0.05) is 11.8 Å². The second kappa shape index (κ2) is 7.90. The summed E-state index contributed by atoms with van der Waals surface area (Å²) in [6, 6.07) is 13.1. The molecular formula is C21H22N4O3. The van der Waals surface area contributed by atoms with Crippen molar-refractivity contribution in [2.45, 2.75) is 31.5 Å². The predicted octanol–water partition coefficient (Wildman–Crippen LogP) is 1.85. The van der Waals surface area contributed by atoms with E-state index in [1.807, 2.05) is 12.1 Å². The van der Waals surface area contributed by atoms with E-state index in [1.165, 1.54) is 4.90 Å². The van der Waals surface area contributed by atoms with E-state index in [0.29, 0.717) is 17.7 Å². The van der Waals surface area contributed by atoms with Crippen molar-refractivity contribution in [2.75, 3.05) is 13.1 Å². The van der Waals surface area contributed by atoms with Crippen LogP contribution >= 0.6 is 0 Å². The highest BCUT2D eigenvalue weighted by atomic mass is 16.2. The van der Waals surface area contributed by atoms with E-state index in [-0.39, 0.29) is 30.8 Å². The first-order valence-electron chi connectivity index (χ1n) is 9.48. The van der Waals surface area contributed by atoms with Crippen LogP contribution in [0.5, 0.6) is 0 Å². The Labute approximate surface area is 163 Å². The summed E-state index contributed by atoms with van der Waals surface area (Å²) < 4.78 is 0. The van der Waals surface area contributed by atoms with Crippen LogP contribution < -0.4 is 5.32 Å². The lowest BCUT2D eigenvalue weighted by atomic mass is 9.93. The number of ketones is 1. The molecule has 2 aliphatic heterocycles. The third kappa shape index (κ3) is 3.53. The Morgan fingerprint density at radius 1 is 1.11 bits per heavy atom. The van der Waals surface area contributed by atoms with Crippen LogP contribution in [0.2, 0.25) is 0 Å². The van der Waals surface area contributed by atoms with Gasteiger partial charge in [-0.25, -0.2) is 4.79 Å². The number of rotatable bonds is 5. The van der Waals surface area contributed by atoms with Crippen LogP contribution in [0.3, 0.4) is 0 Å². The Morgan fingerprint density at radius 2 is 1.89 bits per heavy atom. The maximum Gasteiger partial charge on any atom is 0.327 e. The van der Waals surface area contributed by atoms with Gasteiger partial charge in [-0.05, 0) is 31.5 Å². The zero-order valence-electron chi connectivity index (χ0n) is 15.5. The number of fused-ring (bicyclic) bond motifs is 1. The van der Waals surface area contributed by atoms with Crippen molar-refractivity contribution in [3.8, 4) is 0 Å². The molecule has 0 bridgehead atoms. The van der Waals surface area contributed by atoms with Gasteiger partial charge in [0.25, 0.3) is 0 Å². The number of carbonyl (C=O) groups is 3. The maximum atomic E-state index is 13.2. The van der Waals surface area contributed by atoms with E-state index in [2.05, 4.69) is 10.3 Å². The lowest BCUT2D eigenvalue weighted by Gasteiger charge is -2.46. The molecule has 2 aromatic rings. The maximum absolute atomic E-state index is 13.2. The molecule has 2 fully saturated rings. The monoisotopic (exact) mass is 378 g/mol. The van der Waals surface area contributed by atoms with Crippen molar-refractivity contribution in [2.24, 2.45) is 0 Å². The summed E-state index contributed by atoms with van der Waals surface area (Å²) in [6.07, 6.45) is 3.19. The quantitative estimate of drug-likeness (QED) is 0.803. The zero-order chi connectivity index (χ0) is 19.5. The Hall–Kier alpha value is -3.06. The molecule has 1 aromatic heterocycles. The number of piperidine rings is 1. The Bertz CT molecular complexity index is 872. The number of nitrogens with one attached hydrogen (secondary N) is 1. The molecule has 1 aromatic carbocycles. The summed E-state index contributed by atoms with van der Waals surface area (Å²) in [4.78, 5) is 45.9. The van der Waals surface area contributed by atoms with Crippen LogP contribution in [0.25, 0.3) is 0 Å². The summed E-state index contributed by atoms with van der Waals surface area (Å²) in [6.45, 7) is 0.774. The number of urea groups is 1. The molecule has 144 valence electrons. The molecule has 0 saturated carbocycles. The van der Waals surface area contributed by atoms with Gasteiger partial charge in [0.2, 0.25) is 5.91 Å². The van der Waals surface area contributed by atoms with Gasteiger partial charge >= 0.3 is 6.03 Å². The van der Waals surface area contributed by atoms with Crippen LogP contribution in [0, 0.1) is 0 Å². The average molecular weight is 378 g/mol. The largest absolute Gasteiger partial charge is 0.327 e. The summed E-state index contributed by atoms with van der Waals surface area (Å²) in [7, 11) is 0. The molecule has 7 nitrogen and oxygen atoms in total. The van der Waals surface area contributed by atoms with Gasteiger partial charge in [0.1, 0.15) is 6.04 Å². The number of amides is 3. The van der Waals surface area contributed by atoms with Crippen molar-refractivity contribution in [1.82, 2.24) is 20.1 Å². The van der Waals surface area contributed by atoms with Crippen molar-refractivity contribution in [3.63, 3.8) is 0 Å². The number of aromatic nitrogens is 1. The number of nitrogens with zero attached hydrogens (tertiary/aromatic N) is 3. The van der Waals surface area contributed by atoms with E-state index < -0.39 is 12.1 Å². The molecule has 2 atom stereocenters. The minimum Gasteiger partial charge on any atom is -0.311 e. The summed E-state index contributed by atoms with van der Waals surface area (Å²) in [5.74, 6) is -0.380. The number of hydrogen-bond acceptors (Lipinski definition) is 5. The number of carbonyl (C=O) groups excluding carboxylic acids is 3. The molecule has 7 heteroatoms. The fourth-order valence-corrected chi connectivity index (χ4v) is 3.87. The van der Waals surface area contributed by atoms with Gasteiger partial charge in [-0.3, -0.25) is 19.5 Å². The molecular weight excluding hydrogens is 356 g/mol. The van der Waals surface area contributed by atoms with Gasteiger partial charge in [0.05, 0.1) is 24.8 Å². The highest BCUT2D eigenvalue weighted by molar-refractivity contribution is 6.04. The molecule has 2 saturated heterocycles. The van der Waals surface area contributed by atoms with Crippen molar-refractivity contribution < 1.29 is 14.4 Å². The van der Waals surface area contributed by atoms with Crippen molar-refractivity contribution in [1.29, 1.82) is 0 Å². The van der Waals surface area contributed by atoms with Crippen LogP contribution in [0.15, 0.2) is 54.7 Å². The summed E-state index contributed by atoms with van der Waals surface area (Å²) in [5.41, 5.74) is 1.19. The molecule has 0 aliphatic carbocycles. The van der Waals surface area contributed by atoms with Gasteiger partial charge in [0.15, 0.2) is 5.78 Å². The van der Waals surface area contributed by atoms with Crippen LogP contribution in [0.4, 0.5) is 4.79 Å². The number of pyridine rings is 1. The molecule has 28 heavy (non-hydrogen) atoms. The molecule has 4 rings (SSSR count). The number of Topliss-reactive ketones (excluding diaryl/α,β-unsaturated/α-hetero) is 1. The predicted molar refractivity (Wildman–Crippen MR) is 102 cm³/mol. The fourth-order valence-electron chi connectivity index (χ4n) is 3.87. The van der Waals surface area contributed by atoms with E-state index in [9.17, 15) is 14.4 Å². The Kier molecular flexibility index (Phi) is 5.16. The van der Waals surface area contributed by atoms with Gasteiger partial charge in [-0.15, -0.1) is 0 Å². The third-order valence-corrected chi connectivity index (χ3v) is 5.29. The molecule has 1 N–H and O–H groups in total. The summed E-state index contributed by atoms with van der Waals surface area (Å²) in [5, 5.41) is 3.23. The molecule has 0 spiro atoms. The standard InChI is InChI=1S/C21H22N4O3/c26-18(15-7-2-1-3-8-15)14-24-17-10-6-12-23-19(17)20(27)25(21(24)28)13-16-9-4-5-11-22-16/h1-5,7-9,11,17,19,23H,6,10,12-14H2. The topological polar surface area (TPSA) is 82.6 Å². The first-order chi connectivity index (χ1) is 13.6. The normalized spacial score (nSPS) is 22.1.